The number of carbonyl (C=O) groups excluding carboxylic acids is 1. The van der Waals surface area contributed by atoms with E-state index in [-0.39, 0.29) is 57.8 Å². The zero-order valence-corrected chi connectivity index (χ0v) is 45.1. The molecule has 372 valence electrons. The quantitative estimate of drug-likeness (QED) is 0.0656. The van der Waals surface area contributed by atoms with E-state index in [2.05, 4.69) is 105 Å². The number of aromatic hydroxyl groups is 2. The van der Waals surface area contributed by atoms with Crippen LogP contribution in [0.2, 0.25) is 0 Å². The van der Waals surface area contributed by atoms with Crippen molar-refractivity contribution in [3.8, 4) is 23.0 Å². The Morgan fingerprint density at radius 2 is 1.12 bits per heavy atom. The van der Waals surface area contributed by atoms with Crippen molar-refractivity contribution in [2.75, 3.05) is 0 Å². The topological polar surface area (TPSA) is 151 Å². The third-order valence-corrected chi connectivity index (χ3v) is 16.1. The first-order valence-electron chi connectivity index (χ1n) is 25.0. The second-order valence-electron chi connectivity index (χ2n) is 20.4. The minimum atomic E-state index is -1.06. The molecule has 8 rings (SSSR count). The number of halogens is 2. The Balaban J connectivity index is 0.000000196. The fourth-order valence-electron chi connectivity index (χ4n) is 10.8. The summed E-state index contributed by atoms with van der Waals surface area (Å²) in [5.74, 6) is 0.615. The molecule has 0 bridgehead atoms. The van der Waals surface area contributed by atoms with Gasteiger partial charge in [0.25, 0.3) is 5.91 Å². The van der Waals surface area contributed by atoms with Gasteiger partial charge in [-0.15, -0.1) is 0 Å². The van der Waals surface area contributed by atoms with Crippen LogP contribution in [0.4, 0.5) is 0 Å². The number of nitrogens with one attached hydrogen (secondary N) is 1. The summed E-state index contributed by atoms with van der Waals surface area (Å²) < 4.78 is 14.9. The van der Waals surface area contributed by atoms with Gasteiger partial charge in [-0.3, -0.25) is 4.79 Å². The number of hydrogen-bond acceptors (Lipinski definition) is 7. The van der Waals surface area contributed by atoms with Crippen LogP contribution in [0.3, 0.4) is 0 Å². The van der Waals surface area contributed by atoms with E-state index >= 15 is 0 Å². The number of carboxylic acid groups (broad SMARTS) is 1. The van der Waals surface area contributed by atoms with Crippen LogP contribution in [0.1, 0.15) is 186 Å². The number of phenolic OH excluding ortho intramolecular Hbond substituents is 1. The number of aromatic carboxylic acids is 1. The number of carboxylic acids is 1. The summed E-state index contributed by atoms with van der Waals surface area (Å²) >= 11 is 6.93. The molecule has 11 heteroatoms. The lowest BCUT2D eigenvalue weighted by molar-refractivity contribution is 0.0103. The summed E-state index contributed by atoms with van der Waals surface area (Å²) in [6.07, 6.45) is 16.1. The van der Waals surface area contributed by atoms with Crippen molar-refractivity contribution < 1.29 is 34.4 Å². The van der Waals surface area contributed by atoms with Gasteiger partial charge < -0.3 is 35.8 Å². The van der Waals surface area contributed by atoms with Crippen molar-refractivity contribution >= 4 is 43.7 Å². The van der Waals surface area contributed by atoms with Gasteiger partial charge in [0, 0.05) is 56.8 Å². The van der Waals surface area contributed by atoms with E-state index in [0.717, 1.165) is 108 Å². The summed E-state index contributed by atoms with van der Waals surface area (Å²) in [6.45, 7) is 18.0. The Morgan fingerprint density at radius 1 is 0.681 bits per heavy atom. The Morgan fingerprint density at radius 3 is 1.54 bits per heavy atom. The van der Waals surface area contributed by atoms with Crippen LogP contribution in [0.5, 0.6) is 23.0 Å². The SMILES string of the molecule is CCCCCc1cc2c(c(O)c1C(=O)NCc1ccccc1Br)[C@@H]1C=C(C)CC[C@H]1C(C)(C)O2.CCCCCc1cc2c(c(O)c1C(=O)O)[C@@H]1C=C(C)CC[C@H]1C(C)(C)O2.NCc1ccccc1Br. The molecule has 0 fully saturated rings. The van der Waals surface area contributed by atoms with Crippen molar-refractivity contribution in [1.29, 1.82) is 0 Å². The highest BCUT2D eigenvalue weighted by Crippen LogP contribution is 2.56. The molecule has 0 saturated carbocycles. The predicted molar refractivity (Wildman–Crippen MR) is 285 cm³/mol. The molecule has 0 radical (unpaired) electrons. The predicted octanol–water partition coefficient (Wildman–Crippen LogP) is 14.8. The summed E-state index contributed by atoms with van der Waals surface area (Å²) in [5.41, 5.74) is 12.9. The van der Waals surface area contributed by atoms with Crippen LogP contribution < -0.4 is 20.5 Å². The highest BCUT2D eigenvalue weighted by molar-refractivity contribution is 9.10. The van der Waals surface area contributed by atoms with Gasteiger partial charge in [0.15, 0.2) is 0 Å². The molecule has 1 amide bonds. The first-order chi connectivity index (χ1) is 32.8. The Hall–Kier alpha value is -4.58. The number of benzene rings is 4. The van der Waals surface area contributed by atoms with E-state index in [1.807, 2.05) is 60.7 Å². The Labute approximate surface area is 427 Å². The third kappa shape index (κ3) is 12.5. The number of nitrogens with two attached hydrogens (primary N) is 1. The number of allylic oxidation sites excluding steroid dienone is 4. The van der Waals surface area contributed by atoms with E-state index in [0.29, 0.717) is 42.0 Å². The number of ether oxygens (including phenoxy) is 2. The largest absolute Gasteiger partial charge is 0.507 e. The fraction of sp³-hybridized carbons (Fsp3) is 0.483. The van der Waals surface area contributed by atoms with Crippen molar-refractivity contribution in [3.05, 3.63) is 137 Å². The lowest BCUT2D eigenvalue weighted by Gasteiger charge is -2.46. The van der Waals surface area contributed by atoms with Gasteiger partial charge >= 0.3 is 5.97 Å². The second-order valence-corrected chi connectivity index (χ2v) is 22.1. The van der Waals surface area contributed by atoms with Crippen LogP contribution >= 0.6 is 31.9 Å². The molecule has 4 aliphatic rings. The summed E-state index contributed by atoms with van der Waals surface area (Å²) in [7, 11) is 0. The van der Waals surface area contributed by atoms with Crippen molar-refractivity contribution in [1.82, 2.24) is 5.32 Å². The maximum atomic E-state index is 13.5. The molecule has 69 heavy (non-hydrogen) atoms. The number of fused-ring (bicyclic) bond motifs is 6. The zero-order chi connectivity index (χ0) is 50.2. The molecule has 4 aromatic rings. The standard InChI is InChI=1S/C29H36BrNO3.C22H30O4.C7H8BrN/c1-5-6-7-10-19-16-24-26(21-15-18(2)13-14-22(21)29(3,4)34-24)27(32)25(19)28(33)31-17-20-11-8-9-12-23(20)30;1-5-6-7-8-14-12-17-19(20(23)18(14)21(24)25)15-11-13(2)9-10-16(15)22(3,4)26-17;8-7-4-2-1-3-6(7)5-9/h8-9,11-12,15-16,21-22,32H,5-7,10,13-14,17H2,1-4H3,(H,31,33);11-12,15-16,23H,5-10H2,1-4H3,(H,24,25);1-4H,5,9H2/t21-,22-;15-,16-;/m11./s1. The van der Waals surface area contributed by atoms with Crippen LogP contribution in [0.15, 0.2) is 92.9 Å². The maximum Gasteiger partial charge on any atom is 0.339 e. The number of hydrogen-bond donors (Lipinski definition) is 5. The highest BCUT2D eigenvalue weighted by atomic mass is 79.9. The monoisotopic (exact) mass is 1070 g/mol. The molecule has 6 N–H and O–H groups in total. The van der Waals surface area contributed by atoms with Gasteiger partial charge in [0.05, 0.1) is 5.56 Å². The highest BCUT2D eigenvalue weighted by Gasteiger charge is 2.48. The van der Waals surface area contributed by atoms with Crippen LogP contribution in [-0.4, -0.2) is 38.4 Å². The molecule has 0 unspecified atom stereocenters. The Bertz CT molecular complexity index is 2550. The van der Waals surface area contributed by atoms with E-state index < -0.39 is 5.97 Å². The molecule has 0 saturated heterocycles. The lowest BCUT2D eigenvalue weighted by Crippen LogP contribution is -2.45. The smallest absolute Gasteiger partial charge is 0.339 e. The lowest BCUT2D eigenvalue weighted by atomic mass is 9.67. The molecule has 2 aliphatic carbocycles. The first kappa shape index (κ1) is 53.8. The van der Waals surface area contributed by atoms with Gasteiger partial charge in [0.1, 0.15) is 39.8 Å². The average Bonchev–Trinajstić information content (AvgIpc) is 3.28. The summed E-state index contributed by atoms with van der Waals surface area (Å²) in [6, 6.07) is 19.7. The zero-order valence-electron chi connectivity index (χ0n) is 41.9. The van der Waals surface area contributed by atoms with Crippen molar-refractivity contribution in [2.45, 2.75) is 169 Å². The number of carbonyl (C=O) groups is 2. The van der Waals surface area contributed by atoms with Crippen LogP contribution in [0, 0.1) is 11.8 Å². The molecular weight excluding hydrogens is 996 g/mol. The number of aryl methyl sites for hydroxylation is 2. The van der Waals surface area contributed by atoms with Gasteiger partial charge in [-0.2, -0.15) is 0 Å². The van der Waals surface area contributed by atoms with E-state index in [1.165, 1.54) is 11.1 Å². The van der Waals surface area contributed by atoms with Crippen LogP contribution in [0.25, 0.3) is 0 Å². The van der Waals surface area contributed by atoms with Crippen molar-refractivity contribution in [3.63, 3.8) is 0 Å². The summed E-state index contributed by atoms with van der Waals surface area (Å²) in [5, 5.41) is 35.3. The number of amides is 1. The van der Waals surface area contributed by atoms with Gasteiger partial charge in [-0.25, -0.2) is 4.79 Å². The number of rotatable bonds is 13. The van der Waals surface area contributed by atoms with Crippen LogP contribution in [-0.2, 0) is 25.9 Å². The van der Waals surface area contributed by atoms with Gasteiger partial charge in [-0.1, -0.05) is 131 Å². The first-order valence-corrected chi connectivity index (χ1v) is 26.6. The molecule has 0 spiro atoms. The molecule has 2 aliphatic heterocycles. The molecular formula is C58H74Br2N2O7. The maximum absolute atomic E-state index is 13.5. The number of unbranched alkanes of at least 4 members (excludes halogenated alkanes) is 4. The minimum absolute atomic E-state index is 0.00490. The van der Waals surface area contributed by atoms with E-state index in [4.69, 9.17) is 15.2 Å². The molecule has 4 atom stereocenters. The average molecular weight is 1070 g/mol. The third-order valence-electron chi connectivity index (χ3n) is 14.6. The van der Waals surface area contributed by atoms with E-state index in [1.54, 1.807) is 0 Å². The van der Waals surface area contributed by atoms with Gasteiger partial charge in [-0.05, 0) is 139 Å². The fourth-order valence-corrected chi connectivity index (χ4v) is 11.7. The molecule has 4 aromatic carbocycles. The second kappa shape index (κ2) is 23.6. The van der Waals surface area contributed by atoms with Gasteiger partial charge in [0.2, 0.25) is 0 Å². The number of phenols is 2. The van der Waals surface area contributed by atoms with E-state index in [9.17, 15) is 24.9 Å². The van der Waals surface area contributed by atoms with Crippen molar-refractivity contribution in [2.24, 2.45) is 17.6 Å². The normalized spacial score (nSPS) is 20.2. The molecule has 2 heterocycles. The Kier molecular flexibility index (Phi) is 18.4. The minimum Gasteiger partial charge on any atom is -0.507 e. The molecule has 9 nitrogen and oxygen atoms in total. The summed E-state index contributed by atoms with van der Waals surface area (Å²) in [4.78, 5) is 25.4. The molecule has 0 aromatic heterocycles.